The lowest BCUT2D eigenvalue weighted by Gasteiger charge is -2.34. The smallest absolute Gasteiger partial charge is 0.308 e. The predicted octanol–water partition coefficient (Wildman–Crippen LogP) is 2.52. The Balaban J connectivity index is 0.00000220. The summed E-state index contributed by atoms with van der Waals surface area (Å²) in [6, 6.07) is 5.58. The molecule has 1 saturated heterocycles. The first kappa shape index (κ1) is 21.0. The first-order valence-electron chi connectivity index (χ1n) is 7.08. The first-order chi connectivity index (χ1) is 9.61. The van der Waals surface area contributed by atoms with Crippen molar-refractivity contribution in [1.29, 1.82) is 0 Å². The van der Waals surface area contributed by atoms with E-state index in [1.807, 2.05) is 6.07 Å². The van der Waals surface area contributed by atoms with Gasteiger partial charge in [0.1, 0.15) is 0 Å². The first-order valence-corrected chi connectivity index (χ1v) is 7.08. The van der Waals surface area contributed by atoms with Crippen LogP contribution >= 0.6 is 24.8 Å². The Bertz CT molecular complexity index is 480. The minimum absolute atomic E-state index is 0. The van der Waals surface area contributed by atoms with Crippen molar-refractivity contribution in [3.05, 3.63) is 23.8 Å². The molecule has 1 aliphatic rings. The van der Waals surface area contributed by atoms with Crippen LogP contribution in [0.2, 0.25) is 0 Å². The number of hydrogen-bond acceptors (Lipinski definition) is 5. The van der Waals surface area contributed by atoms with Crippen LogP contribution in [0.15, 0.2) is 18.2 Å². The fourth-order valence-corrected chi connectivity index (χ4v) is 2.68. The van der Waals surface area contributed by atoms with Crippen molar-refractivity contribution in [3.63, 3.8) is 0 Å². The summed E-state index contributed by atoms with van der Waals surface area (Å²) in [6.07, 6.45) is 0.979. The Morgan fingerprint density at radius 2 is 2.00 bits per heavy atom. The molecule has 0 bridgehead atoms. The second kappa shape index (κ2) is 9.90. The van der Waals surface area contributed by atoms with Crippen LogP contribution in [0.1, 0.15) is 31.9 Å². The molecule has 0 unspecified atom stereocenters. The number of halogens is 2. The van der Waals surface area contributed by atoms with Gasteiger partial charge in [-0.1, -0.05) is 13.0 Å². The molecule has 0 spiro atoms. The lowest BCUT2D eigenvalue weighted by atomic mass is 10.0. The zero-order chi connectivity index (χ0) is 14.5. The van der Waals surface area contributed by atoms with E-state index < -0.39 is 5.97 Å². The van der Waals surface area contributed by atoms with E-state index in [1.165, 1.54) is 6.92 Å². The van der Waals surface area contributed by atoms with E-state index in [0.29, 0.717) is 0 Å². The summed E-state index contributed by atoms with van der Waals surface area (Å²) in [4.78, 5) is 13.4. The number of nitrogens with one attached hydrogen (secondary N) is 1. The van der Waals surface area contributed by atoms with Crippen molar-refractivity contribution in [2.75, 3.05) is 26.2 Å². The molecule has 1 aliphatic heterocycles. The highest BCUT2D eigenvalue weighted by Gasteiger charge is 2.21. The second-order valence-electron chi connectivity index (χ2n) is 5.03. The van der Waals surface area contributed by atoms with Crippen LogP contribution in [-0.2, 0) is 4.79 Å². The van der Waals surface area contributed by atoms with Gasteiger partial charge in [0.15, 0.2) is 11.5 Å². The van der Waals surface area contributed by atoms with Crippen molar-refractivity contribution >= 4 is 30.8 Å². The summed E-state index contributed by atoms with van der Waals surface area (Å²) < 4.78 is 4.95. The predicted molar refractivity (Wildman–Crippen MR) is 91.4 cm³/mol. The summed E-state index contributed by atoms with van der Waals surface area (Å²) in [5.74, 6) is -0.190. The molecular formula is C15H24Cl2N2O3. The Morgan fingerprint density at radius 1 is 1.36 bits per heavy atom. The summed E-state index contributed by atoms with van der Waals surface area (Å²) in [6.45, 7) is 7.46. The summed E-state index contributed by atoms with van der Waals surface area (Å²) in [7, 11) is 0. The fraction of sp³-hybridized carbons (Fsp3) is 0.533. The van der Waals surface area contributed by atoms with Crippen LogP contribution in [-0.4, -0.2) is 42.2 Å². The van der Waals surface area contributed by atoms with E-state index in [4.69, 9.17) is 4.74 Å². The number of nitrogens with zero attached hydrogens (tertiary/aromatic N) is 1. The summed E-state index contributed by atoms with van der Waals surface area (Å²) in [5, 5.41) is 13.3. The van der Waals surface area contributed by atoms with Crippen LogP contribution in [0.3, 0.4) is 0 Å². The number of hydrogen-bond donors (Lipinski definition) is 2. The number of aromatic hydroxyl groups is 1. The van der Waals surface area contributed by atoms with Gasteiger partial charge in [0, 0.05) is 39.1 Å². The van der Waals surface area contributed by atoms with Crippen LogP contribution in [0.5, 0.6) is 11.5 Å². The van der Waals surface area contributed by atoms with Gasteiger partial charge < -0.3 is 15.2 Å². The third-order valence-electron chi connectivity index (χ3n) is 3.60. The minimum Gasteiger partial charge on any atom is -0.504 e. The zero-order valence-corrected chi connectivity index (χ0v) is 14.5. The molecule has 1 aromatic rings. The highest BCUT2D eigenvalue weighted by atomic mass is 35.5. The van der Waals surface area contributed by atoms with Gasteiger partial charge in [-0.3, -0.25) is 9.69 Å². The SMILES string of the molecule is CC[C@@H](c1ccc(OC(C)=O)c(O)c1)N1CCNCC1.Cl.Cl. The number of carbonyl (C=O) groups is 1. The molecule has 0 radical (unpaired) electrons. The maximum atomic E-state index is 10.9. The number of phenols is 1. The van der Waals surface area contributed by atoms with Gasteiger partial charge in [-0.25, -0.2) is 0 Å². The highest BCUT2D eigenvalue weighted by Crippen LogP contribution is 2.32. The fourth-order valence-electron chi connectivity index (χ4n) is 2.68. The van der Waals surface area contributed by atoms with Crippen molar-refractivity contribution in [3.8, 4) is 11.5 Å². The molecule has 2 N–H and O–H groups in total. The molecule has 0 aliphatic carbocycles. The van der Waals surface area contributed by atoms with Gasteiger partial charge in [0.05, 0.1) is 0 Å². The van der Waals surface area contributed by atoms with Crippen molar-refractivity contribution in [2.45, 2.75) is 26.3 Å². The van der Waals surface area contributed by atoms with Crippen molar-refractivity contribution in [2.24, 2.45) is 0 Å². The molecule has 1 aromatic carbocycles. The number of carbonyl (C=O) groups excluding carboxylic acids is 1. The standard InChI is InChI=1S/C15H22N2O3.2ClH/c1-3-13(17-8-6-16-7-9-17)12-4-5-15(14(19)10-12)20-11(2)18;;/h4-5,10,13,16,19H,3,6-9H2,1-2H3;2*1H/t13-;;/m0../s1. The molecule has 22 heavy (non-hydrogen) atoms. The largest absolute Gasteiger partial charge is 0.504 e. The Hall–Kier alpha value is -1.01. The van der Waals surface area contributed by atoms with Crippen LogP contribution < -0.4 is 10.1 Å². The average molecular weight is 351 g/mol. The van der Waals surface area contributed by atoms with Crippen LogP contribution in [0.4, 0.5) is 0 Å². The molecule has 1 atom stereocenters. The zero-order valence-electron chi connectivity index (χ0n) is 12.9. The quantitative estimate of drug-likeness (QED) is 0.645. The highest BCUT2D eigenvalue weighted by molar-refractivity contribution is 5.85. The van der Waals surface area contributed by atoms with Gasteiger partial charge >= 0.3 is 5.97 Å². The van der Waals surface area contributed by atoms with Gasteiger partial charge in [-0.2, -0.15) is 0 Å². The number of piperazine rings is 1. The Kier molecular flexibility index (Phi) is 9.44. The van der Waals surface area contributed by atoms with Crippen LogP contribution in [0, 0.1) is 0 Å². The molecule has 1 fully saturated rings. The lowest BCUT2D eigenvalue weighted by molar-refractivity contribution is -0.132. The van der Waals surface area contributed by atoms with Gasteiger partial charge in [-0.05, 0) is 24.1 Å². The van der Waals surface area contributed by atoms with E-state index in [0.717, 1.165) is 38.2 Å². The molecule has 126 valence electrons. The number of esters is 1. The summed E-state index contributed by atoms with van der Waals surface area (Å²) >= 11 is 0. The van der Waals surface area contributed by atoms with E-state index in [2.05, 4.69) is 17.1 Å². The lowest BCUT2D eigenvalue weighted by Crippen LogP contribution is -2.45. The van der Waals surface area contributed by atoms with E-state index in [1.54, 1.807) is 12.1 Å². The molecule has 2 rings (SSSR count). The maximum absolute atomic E-state index is 10.9. The number of benzene rings is 1. The Labute approximate surface area is 143 Å². The third-order valence-corrected chi connectivity index (χ3v) is 3.60. The molecular weight excluding hydrogens is 327 g/mol. The molecule has 7 heteroatoms. The van der Waals surface area contributed by atoms with E-state index in [-0.39, 0.29) is 42.4 Å². The normalized spacial score (nSPS) is 16.1. The van der Waals surface area contributed by atoms with Gasteiger partial charge in [0.2, 0.25) is 0 Å². The van der Waals surface area contributed by atoms with Gasteiger partial charge in [0.25, 0.3) is 0 Å². The minimum atomic E-state index is -0.429. The maximum Gasteiger partial charge on any atom is 0.308 e. The second-order valence-corrected chi connectivity index (χ2v) is 5.03. The molecule has 0 amide bonds. The topological polar surface area (TPSA) is 61.8 Å². The summed E-state index contributed by atoms with van der Waals surface area (Å²) in [5.41, 5.74) is 1.06. The molecule has 5 nitrogen and oxygen atoms in total. The third kappa shape index (κ3) is 5.32. The monoisotopic (exact) mass is 350 g/mol. The number of ether oxygens (including phenoxy) is 1. The van der Waals surface area contributed by atoms with Crippen molar-refractivity contribution in [1.82, 2.24) is 10.2 Å². The molecule has 1 heterocycles. The van der Waals surface area contributed by atoms with Gasteiger partial charge in [-0.15, -0.1) is 24.8 Å². The van der Waals surface area contributed by atoms with Crippen molar-refractivity contribution < 1.29 is 14.6 Å². The van der Waals surface area contributed by atoms with E-state index in [9.17, 15) is 9.90 Å². The number of phenolic OH excluding ortho intramolecular Hbond substituents is 1. The molecule has 0 aromatic heterocycles. The average Bonchev–Trinajstić information content (AvgIpc) is 2.43. The van der Waals surface area contributed by atoms with Crippen LogP contribution in [0.25, 0.3) is 0 Å². The Morgan fingerprint density at radius 3 is 2.50 bits per heavy atom. The molecule has 0 saturated carbocycles. The number of rotatable bonds is 4. The van der Waals surface area contributed by atoms with E-state index >= 15 is 0 Å².